The lowest BCUT2D eigenvalue weighted by Gasteiger charge is -2.21. The zero-order valence-electron chi connectivity index (χ0n) is 16.5. The van der Waals surface area contributed by atoms with E-state index in [4.69, 9.17) is 4.42 Å². The molecule has 0 radical (unpaired) electrons. The summed E-state index contributed by atoms with van der Waals surface area (Å²) >= 11 is 4.52. The summed E-state index contributed by atoms with van der Waals surface area (Å²) in [6, 6.07) is 13.4. The van der Waals surface area contributed by atoms with Crippen molar-refractivity contribution in [3.63, 3.8) is 0 Å². The van der Waals surface area contributed by atoms with E-state index in [9.17, 15) is 9.59 Å². The van der Waals surface area contributed by atoms with Crippen molar-refractivity contribution in [3.8, 4) is 11.5 Å². The average molecular weight is 470 g/mol. The largest absolute Gasteiger partial charge is 0.454 e. The number of thiazole rings is 1. The van der Waals surface area contributed by atoms with Gasteiger partial charge in [-0.1, -0.05) is 24.3 Å². The SMILES string of the molecule is O=C(CCN(C(=O)c1cccs1)c1nc(-c2cc3ccccc3o2)cs1)N1CCSC1. The van der Waals surface area contributed by atoms with E-state index in [1.165, 1.54) is 22.7 Å². The predicted octanol–water partition coefficient (Wildman–Crippen LogP) is 5.19. The number of amides is 2. The van der Waals surface area contributed by atoms with Crippen LogP contribution in [0.5, 0.6) is 0 Å². The van der Waals surface area contributed by atoms with Crippen molar-refractivity contribution >= 4 is 62.4 Å². The lowest BCUT2D eigenvalue weighted by molar-refractivity contribution is -0.129. The number of thioether (sulfide) groups is 1. The summed E-state index contributed by atoms with van der Waals surface area (Å²) in [4.78, 5) is 34.5. The second-order valence-corrected chi connectivity index (χ2v) is 9.90. The van der Waals surface area contributed by atoms with Gasteiger partial charge in [-0.3, -0.25) is 14.5 Å². The van der Waals surface area contributed by atoms with Gasteiger partial charge in [0.25, 0.3) is 5.91 Å². The third-order valence-electron chi connectivity index (χ3n) is 5.03. The normalized spacial score (nSPS) is 13.7. The number of fused-ring (bicyclic) bond motifs is 1. The fraction of sp³-hybridized carbons (Fsp3) is 0.227. The third kappa shape index (κ3) is 4.26. The molecule has 4 heterocycles. The molecule has 5 rings (SSSR count). The number of carbonyl (C=O) groups excluding carboxylic acids is 2. The zero-order chi connectivity index (χ0) is 21.2. The van der Waals surface area contributed by atoms with Crippen LogP contribution in [0.15, 0.2) is 57.6 Å². The molecule has 9 heteroatoms. The van der Waals surface area contributed by atoms with Gasteiger partial charge < -0.3 is 9.32 Å². The Bertz CT molecular complexity index is 1180. The van der Waals surface area contributed by atoms with Crippen molar-refractivity contribution < 1.29 is 14.0 Å². The topological polar surface area (TPSA) is 66.7 Å². The van der Waals surface area contributed by atoms with Crippen LogP contribution in [0, 0.1) is 0 Å². The van der Waals surface area contributed by atoms with Crippen LogP contribution < -0.4 is 4.90 Å². The summed E-state index contributed by atoms with van der Waals surface area (Å²) in [5.74, 6) is 2.30. The number of anilines is 1. The Morgan fingerprint density at radius 3 is 2.84 bits per heavy atom. The molecule has 2 amide bonds. The summed E-state index contributed by atoms with van der Waals surface area (Å²) in [7, 11) is 0. The van der Waals surface area contributed by atoms with Crippen LogP contribution in [0.1, 0.15) is 16.1 Å². The molecular formula is C22H19N3O3S3. The highest BCUT2D eigenvalue weighted by atomic mass is 32.2. The van der Waals surface area contributed by atoms with Gasteiger partial charge in [0, 0.05) is 36.0 Å². The highest BCUT2D eigenvalue weighted by molar-refractivity contribution is 7.99. The first-order chi connectivity index (χ1) is 15.2. The highest BCUT2D eigenvalue weighted by Crippen LogP contribution is 2.32. The minimum Gasteiger partial charge on any atom is -0.454 e. The van der Waals surface area contributed by atoms with Crippen molar-refractivity contribution in [2.24, 2.45) is 0 Å². The van der Waals surface area contributed by atoms with Gasteiger partial charge >= 0.3 is 0 Å². The van der Waals surface area contributed by atoms with Gasteiger partial charge in [0.15, 0.2) is 10.9 Å². The Kier molecular flexibility index (Phi) is 5.80. The molecule has 0 saturated carbocycles. The quantitative estimate of drug-likeness (QED) is 0.389. The van der Waals surface area contributed by atoms with Gasteiger partial charge in [-0.2, -0.15) is 0 Å². The highest BCUT2D eigenvalue weighted by Gasteiger charge is 2.25. The molecule has 4 aromatic rings. The number of nitrogens with zero attached hydrogens (tertiary/aromatic N) is 3. The first kappa shape index (κ1) is 20.3. The molecule has 0 aliphatic carbocycles. The average Bonchev–Trinajstić information content (AvgIpc) is 3.59. The molecule has 3 aromatic heterocycles. The summed E-state index contributed by atoms with van der Waals surface area (Å²) in [5.41, 5.74) is 1.48. The van der Waals surface area contributed by atoms with Gasteiger partial charge in [-0.05, 0) is 23.6 Å². The van der Waals surface area contributed by atoms with Crippen molar-refractivity contribution in [1.29, 1.82) is 0 Å². The minimum absolute atomic E-state index is 0.0723. The van der Waals surface area contributed by atoms with Crippen molar-refractivity contribution in [1.82, 2.24) is 9.88 Å². The Morgan fingerprint density at radius 2 is 2.06 bits per heavy atom. The van der Waals surface area contributed by atoms with Gasteiger partial charge in [-0.15, -0.1) is 34.4 Å². The molecule has 158 valence electrons. The molecule has 1 fully saturated rings. The Hall–Kier alpha value is -2.62. The second kappa shape index (κ2) is 8.86. The Morgan fingerprint density at radius 1 is 1.16 bits per heavy atom. The lowest BCUT2D eigenvalue weighted by atomic mass is 10.2. The summed E-state index contributed by atoms with van der Waals surface area (Å²) in [6.07, 6.45) is 0.275. The van der Waals surface area contributed by atoms with E-state index in [1.807, 2.05) is 52.1 Å². The molecule has 0 spiro atoms. The summed E-state index contributed by atoms with van der Waals surface area (Å²) in [6.45, 7) is 1.07. The smallest absolute Gasteiger partial charge is 0.270 e. The molecule has 0 N–H and O–H groups in total. The second-order valence-electron chi connectivity index (χ2n) is 7.04. The number of carbonyl (C=O) groups is 2. The molecule has 1 aromatic carbocycles. The van der Waals surface area contributed by atoms with Gasteiger partial charge in [-0.25, -0.2) is 4.98 Å². The number of aromatic nitrogens is 1. The molecule has 31 heavy (non-hydrogen) atoms. The van der Waals surface area contributed by atoms with Crippen LogP contribution in [0.2, 0.25) is 0 Å². The van der Waals surface area contributed by atoms with Crippen LogP contribution >= 0.6 is 34.4 Å². The number of hydrogen-bond donors (Lipinski definition) is 0. The van der Waals surface area contributed by atoms with Crippen molar-refractivity contribution in [3.05, 3.63) is 58.1 Å². The molecule has 6 nitrogen and oxygen atoms in total. The first-order valence-electron chi connectivity index (χ1n) is 9.84. The molecule has 0 atom stereocenters. The van der Waals surface area contributed by atoms with Crippen LogP contribution in [-0.4, -0.2) is 46.4 Å². The molecule has 0 bridgehead atoms. The molecule has 1 aliphatic rings. The molecular weight excluding hydrogens is 450 g/mol. The molecule has 1 saturated heterocycles. The fourth-order valence-electron chi connectivity index (χ4n) is 3.40. The van der Waals surface area contributed by atoms with Crippen molar-refractivity contribution in [2.45, 2.75) is 6.42 Å². The maximum Gasteiger partial charge on any atom is 0.270 e. The standard InChI is InChI=1S/C22H19N3O3S3/c26-20(24-9-11-29-14-24)7-8-25(21(27)19-6-3-10-30-19)22-23-16(13-31-22)18-12-15-4-1-2-5-17(15)28-18/h1-6,10,12-13H,7-9,11,14H2. The first-order valence-corrected chi connectivity index (χ1v) is 12.8. The van der Waals surface area contributed by atoms with Crippen LogP contribution in [-0.2, 0) is 4.79 Å². The van der Waals surface area contributed by atoms with Gasteiger partial charge in [0.1, 0.15) is 11.3 Å². The Labute approximate surface area is 191 Å². The van der Waals surface area contributed by atoms with Crippen LogP contribution in [0.25, 0.3) is 22.4 Å². The number of para-hydroxylation sites is 1. The van der Waals surface area contributed by atoms with E-state index < -0.39 is 0 Å². The van der Waals surface area contributed by atoms with Crippen molar-refractivity contribution in [2.75, 3.05) is 29.6 Å². The maximum atomic E-state index is 13.2. The minimum atomic E-state index is -0.135. The predicted molar refractivity (Wildman–Crippen MR) is 127 cm³/mol. The maximum absolute atomic E-state index is 13.2. The van der Waals surface area contributed by atoms with E-state index in [-0.39, 0.29) is 18.2 Å². The number of furan rings is 1. The van der Waals surface area contributed by atoms with E-state index in [2.05, 4.69) is 4.98 Å². The zero-order valence-corrected chi connectivity index (χ0v) is 19.0. The number of rotatable bonds is 6. The summed E-state index contributed by atoms with van der Waals surface area (Å²) in [5, 5.41) is 5.34. The van der Waals surface area contributed by atoms with Crippen LogP contribution in [0.3, 0.4) is 0 Å². The number of thiophene rings is 1. The van der Waals surface area contributed by atoms with E-state index in [1.54, 1.807) is 22.7 Å². The number of hydrogen-bond acceptors (Lipinski definition) is 7. The number of benzene rings is 1. The van der Waals surface area contributed by atoms with Crippen LogP contribution in [0.4, 0.5) is 5.13 Å². The van der Waals surface area contributed by atoms with E-state index >= 15 is 0 Å². The fourth-order valence-corrected chi connectivity index (χ4v) is 5.89. The Balaban J connectivity index is 1.40. The lowest BCUT2D eigenvalue weighted by Crippen LogP contribution is -2.36. The molecule has 0 unspecified atom stereocenters. The van der Waals surface area contributed by atoms with E-state index in [0.29, 0.717) is 28.0 Å². The van der Waals surface area contributed by atoms with Gasteiger partial charge in [0.05, 0.1) is 10.8 Å². The third-order valence-corrected chi connectivity index (χ3v) is 7.72. The monoisotopic (exact) mass is 469 g/mol. The summed E-state index contributed by atoms with van der Waals surface area (Å²) < 4.78 is 5.93. The molecule has 1 aliphatic heterocycles. The van der Waals surface area contributed by atoms with E-state index in [0.717, 1.165) is 29.1 Å². The van der Waals surface area contributed by atoms with Gasteiger partial charge in [0.2, 0.25) is 5.91 Å².